The van der Waals surface area contributed by atoms with Crippen molar-refractivity contribution in [1.82, 2.24) is 5.43 Å². The van der Waals surface area contributed by atoms with Crippen molar-refractivity contribution >= 4 is 11.3 Å². The Morgan fingerprint density at radius 3 is 2.95 bits per heavy atom. The highest BCUT2D eigenvalue weighted by molar-refractivity contribution is 7.12. The largest absolute Gasteiger partial charge is 0.381 e. The van der Waals surface area contributed by atoms with Gasteiger partial charge in [-0.05, 0) is 50.2 Å². The third kappa shape index (κ3) is 3.02. The molecular weight excluding hydrogens is 256 g/mol. The summed E-state index contributed by atoms with van der Waals surface area (Å²) in [5, 5.41) is 0. The summed E-state index contributed by atoms with van der Waals surface area (Å²) >= 11 is 1.98. The standard InChI is InChI=1S/C15H24N2OS/c16-17-15(12-6-4-8-18-10-12)14-9-11-5-2-1-3-7-13(11)19-14/h9,12,15,17H,1-8,10,16H2. The van der Waals surface area contributed by atoms with Crippen LogP contribution >= 0.6 is 11.3 Å². The van der Waals surface area contributed by atoms with E-state index in [1.165, 1.54) is 43.4 Å². The summed E-state index contributed by atoms with van der Waals surface area (Å²) in [6.45, 7) is 1.76. The van der Waals surface area contributed by atoms with Gasteiger partial charge in [0.25, 0.3) is 0 Å². The number of hydrogen-bond donors (Lipinski definition) is 2. The van der Waals surface area contributed by atoms with Gasteiger partial charge >= 0.3 is 0 Å². The third-order valence-electron chi connectivity index (χ3n) is 4.42. The smallest absolute Gasteiger partial charge is 0.0603 e. The van der Waals surface area contributed by atoms with Crippen LogP contribution in [0.4, 0.5) is 0 Å². The SMILES string of the molecule is NNC(c1cc2c(s1)CCCCC2)C1CCCOC1. The van der Waals surface area contributed by atoms with Gasteiger partial charge in [-0.3, -0.25) is 11.3 Å². The number of rotatable bonds is 3. The fourth-order valence-electron chi connectivity index (χ4n) is 3.32. The average Bonchev–Trinajstić information content (AvgIpc) is 2.71. The molecule has 0 bridgehead atoms. The number of ether oxygens (including phenoxy) is 1. The molecule has 2 aliphatic rings. The molecule has 0 saturated carbocycles. The second-order valence-electron chi connectivity index (χ2n) is 5.78. The van der Waals surface area contributed by atoms with Crippen molar-refractivity contribution in [2.24, 2.45) is 11.8 Å². The van der Waals surface area contributed by atoms with E-state index in [4.69, 9.17) is 10.6 Å². The maximum absolute atomic E-state index is 5.83. The quantitative estimate of drug-likeness (QED) is 0.508. The van der Waals surface area contributed by atoms with Crippen LogP contribution in [0.15, 0.2) is 6.07 Å². The Kier molecular flexibility index (Phi) is 4.53. The molecule has 1 aliphatic heterocycles. The zero-order valence-electron chi connectivity index (χ0n) is 11.5. The fourth-order valence-corrected chi connectivity index (χ4v) is 4.73. The number of thiophene rings is 1. The Bertz CT molecular complexity index is 389. The Balaban J connectivity index is 1.79. The molecule has 2 unspecified atom stereocenters. The Labute approximate surface area is 119 Å². The first-order valence-corrected chi connectivity index (χ1v) is 8.35. The van der Waals surface area contributed by atoms with Crippen LogP contribution in [-0.2, 0) is 17.6 Å². The molecule has 3 nitrogen and oxygen atoms in total. The maximum Gasteiger partial charge on any atom is 0.0603 e. The lowest BCUT2D eigenvalue weighted by atomic mass is 9.92. The van der Waals surface area contributed by atoms with E-state index in [0.29, 0.717) is 5.92 Å². The summed E-state index contributed by atoms with van der Waals surface area (Å²) in [6.07, 6.45) is 8.97. The summed E-state index contributed by atoms with van der Waals surface area (Å²) in [5.41, 5.74) is 4.62. The van der Waals surface area contributed by atoms with Crippen molar-refractivity contribution in [3.8, 4) is 0 Å². The molecule has 1 aliphatic carbocycles. The number of nitrogens with one attached hydrogen (secondary N) is 1. The van der Waals surface area contributed by atoms with Gasteiger partial charge in [-0.15, -0.1) is 11.3 Å². The second kappa shape index (κ2) is 6.35. The molecule has 1 aromatic heterocycles. The first-order valence-electron chi connectivity index (χ1n) is 7.54. The molecule has 0 amide bonds. The molecule has 2 atom stereocenters. The van der Waals surface area contributed by atoms with E-state index in [0.717, 1.165) is 19.6 Å². The van der Waals surface area contributed by atoms with Crippen LogP contribution in [0.3, 0.4) is 0 Å². The van der Waals surface area contributed by atoms with E-state index >= 15 is 0 Å². The highest BCUT2D eigenvalue weighted by Gasteiger charge is 2.27. The van der Waals surface area contributed by atoms with Crippen molar-refractivity contribution in [2.75, 3.05) is 13.2 Å². The van der Waals surface area contributed by atoms with Gasteiger partial charge in [0.15, 0.2) is 0 Å². The Morgan fingerprint density at radius 2 is 2.16 bits per heavy atom. The van der Waals surface area contributed by atoms with E-state index < -0.39 is 0 Å². The lowest BCUT2D eigenvalue weighted by Gasteiger charge is -2.29. The fraction of sp³-hybridized carbons (Fsp3) is 0.733. The first-order chi connectivity index (χ1) is 9.38. The highest BCUT2D eigenvalue weighted by atomic mass is 32.1. The summed E-state index contributed by atoms with van der Waals surface area (Å²) in [6, 6.07) is 2.68. The monoisotopic (exact) mass is 280 g/mol. The van der Waals surface area contributed by atoms with Crippen molar-refractivity contribution in [2.45, 2.75) is 51.0 Å². The molecule has 19 heavy (non-hydrogen) atoms. The molecule has 0 radical (unpaired) electrons. The summed E-state index contributed by atoms with van der Waals surface area (Å²) in [7, 11) is 0. The van der Waals surface area contributed by atoms with Gasteiger partial charge in [0.2, 0.25) is 0 Å². The van der Waals surface area contributed by atoms with Crippen LogP contribution < -0.4 is 11.3 Å². The van der Waals surface area contributed by atoms with Crippen molar-refractivity contribution in [3.05, 3.63) is 21.4 Å². The predicted molar refractivity (Wildman–Crippen MR) is 79.2 cm³/mol. The molecule has 3 rings (SSSR count). The Morgan fingerprint density at radius 1 is 1.26 bits per heavy atom. The van der Waals surface area contributed by atoms with Crippen molar-refractivity contribution in [1.29, 1.82) is 0 Å². The third-order valence-corrected chi connectivity index (χ3v) is 5.74. The number of fused-ring (bicyclic) bond motifs is 1. The van der Waals surface area contributed by atoms with Crippen molar-refractivity contribution in [3.63, 3.8) is 0 Å². The lowest BCUT2D eigenvalue weighted by molar-refractivity contribution is 0.0395. The van der Waals surface area contributed by atoms with Crippen LogP contribution in [0.5, 0.6) is 0 Å². The lowest BCUT2D eigenvalue weighted by Crippen LogP contribution is -2.36. The summed E-state index contributed by atoms with van der Waals surface area (Å²) < 4.78 is 5.62. The van der Waals surface area contributed by atoms with E-state index in [9.17, 15) is 0 Å². The average molecular weight is 280 g/mol. The second-order valence-corrected chi connectivity index (χ2v) is 6.95. The predicted octanol–water partition coefficient (Wildman–Crippen LogP) is 2.95. The van der Waals surface area contributed by atoms with E-state index in [1.807, 2.05) is 11.3 Å². The summed E-state index contributed by atoms with van der Waals surface area (Å²) in [5.74, 6) is 6.35. The van der Waals surface area contributed by atoms with Gasteiger partial charge in [0.05, 0.1) is 12.6 Å². The van der Waals surface area contributed by atoms with E-state index in [2.05, 4.69) is 11.5 Å². The molecule has 1 saturated heterocycles. The minimum Gasteiger partial charge on any atom is -0.381 e. The van der Waals surface area contributed by atoms with Crippen LogP contribution in [0.1, 0.15) is 53.5 Å². The van der Waals surface area contributed by atoms with Gasteiger partial charge in [-0.25, -0.2) is 0 Å². The van der Waals surface area contributed by atoms with Crippen LogP contribution in [0.25, 0.3) is 0 Å². The van der Waals surface area contributed by atoms with Gasteiger partial charge in [-0.1, -0.05) is 6.42 Å². The van der Waals surface area contributed by atoms with Crippen LogP contribution in [0, 0.1) is 5.92 Å². The number of nitrogens with two attached hydrogens (primary N) is 1. The molecular formula is C15H24N2OS. The maximum atomic E-state index is 5.83. The zero-order chi connectivity index (χ0) is 13.1. The highest BCUT2D eigenvalue weighted by Crippen LogP contribution is 2.36. The minimum absolute atomic E-state index is 0.275. The van der Waals surface area contributed by atoms with Crippen LogP contribution in [0.2, 0.25) is 0 Å². The molecule has 1 fully saturated rings. The number of hydrazine groups is 1. The van der Waals surface area contributed by atoms with Gasteiger partial charge in [0.1, 0.15) is 0 Å². The molecule has 0 aromatic carbocycles. The topological polar surface area (TPSA) is 47.3 Å². The molecule has 3 N–H and O–H groups in total. The van der Waals surface area contributed by atoms with E-state index in [1.54, 1.807) is 10.4 Å². The van der Waals surface area contributed by atoms with E-state index in [-0.39, 0.29) is 6.04 Å². The molecule has 1 aromatic rings. The van der Waals surface area contributed by atoms with Gasteiger partial charge < -0.3 is 4.74 Å². The number of hydrogen-bond acceptors (Lipinski definition) is 4. The minimum atomic E-state index is 0.275. The first kappa shape index (κ1) is 13.6. The molecule has 4 heteroatoms. The van der Waals surface area contributed by atoms with Crippen LogP contribution in [-0.4, -0.2) is 13.2 Å². The molecule has 106 valence electrons. The normalized spacial score (nSPS) is 25.6. The molecule has 0 spiro atoms. The zero-order valence-corrected chi connectivity index (χ0v) is 12.3. The van der Waals surface area contributed by atoms with Crippen molar-refractivity contribution < 1.29 is 4.74 Å². The summed E-state index contributed by atoms with van der Waals surface area (Å²) in [4.78, 5) is 3.02. The Hall–Kier alpha value is -0.420. The molecule has 2 heterocycles. The van der Waals surface area contributed by atoms with Gasteiger partial charge in [-0.2, -0.15) is 0 Å². The number of aryl methyl sites for hydroxylation is 2. The van der Waals surface area contributed by atoms with Gasteiger partial charge in [0, 0.05) is 22.3 Å².